The van der Waals surface area contributed by atoms with E-state index >= 15 is 0 Å². The van der Waals surface area contributed by atoms with Gasteiger partial charge in [0.1, 0.15) is 0 Å². The summed E-state index contributed by atoms with van der Waals surface area (Å²) in [6.45, 7) is 7.88. The van der Waals surface area contributed by atoms with Crippen LogP contribution < -0.4 is 0 Å². The van der Waals surface area contributed by atoms with Crippen molar-refractivity contribution in [2.24, 2.45) is 0 Å². The molecule has 0 aromatic heterocycles. The fraction of sp³-hybridized carbons (Fsp3) is 1.00. The van der Waals surface area contributed by atoms with Gasteiger partial charge in [-0.25, -0.2) is 0 Å². The van der Waals surface area contributed by atoms with Gasteiger partial charge in [0.15, 0.2) is 0 Å². The van der Waals surface area contributed by atoms with Crippen molar-refractivity contribution >= 4 is 14.5 Å². The largest absolute Gasteiger partial charge is 0.501 e. The summed E-state index contributed by atoms with van der Waals surface area (Å²) in [7, 11) is 0. The van der Waals surface area contributed by atoms with Crippen molar-refractivity contribution in [2.45, 2.75) is 82.7 Å². The standard InChI is InChI=1S/C8H17O.2C3H7.Al/c1-2-3-4-5-6-7-8-9;2*1-3-2;/h2-8H2,1H3;2*1,3H2,2H3;/q-1;;;+1. The van der Waals surface area contributed by atoms with E-state index in [2.05, 4.69) is 20.8 Å². The van der Waals surface area contributed by atoms with E-state index in [0.717, 1.165) is 6.61 Å². The van der Waals surface area contributed by atoms with Gasteiger partial charge in [0, 0.05) is 6.61 Å². The maximum absolute atomic E-state index is 6.07. The van der Waals surface area contributed by atoms with Crippen LogP contribution in [0.4, 0.5) is 0 Å². The fourth-order valence-electron chi connectivity index (χ4n) is 2.09. The molecule has 0 radical (unpaired) electrons. The summed E-state index contributed by atoms with van der Waals surface area (Å²) >= 11 is -0.799. The molecule has 0 aromatic rings. The maximum Gasteiger partial charge on any atom is 0.460 e. The van der Waals surface area contributed by atoms with Crippen LogP contribution in [0.15, 0.2) is 0 Å². The first-order chi connectivity index (χ1) is 7.85. The van der Waals surface area contributed by atoms with Gasteiger partial charge >= 0.3 is 14.5 Å². The van der Waals surface area contributed by atoms with Gasteiger partial charge in [-0.1, -0.05) is 76.3 Å². The fourth-order valence-corrected chi connectivity index (χ4v) is 4.50. The van der Waals surface area contributed by atoms with Crippen molar-refractivity contribution in [1.82, 2.24) is 0 Å². The van der Waals surface area contributed by atoms with Crippen molar-refractivity contribution in [2.75, 3.05) is 6.61 Å². The van der Waals surface area contributed by atoms with Crippen molar-refractivity contribution < 1.29 is 3.79 Å². The molecular formula is C14H31AlO. The van der Waals surface area contributed by atoms with Gasteiger partial charge in [-0.05, 0) is 6.42 Å². The van der Waals surface area contributed by atoms with Gasteiger partial charge in [0.2, 0.25) is 0 Å². The van der Waals surface area contributed by atoms with E-state index in [1.807, 2.05) is 0 Å². The van der Waals surface area contributed by atoms with Gasteiger partial charge in [0.25, 0.3) is 0 Å². The molecule has 0 rings (SSSR count). The molecule has 16 heavy (non-hydrogen) atoms. The predicted molar refractivity (Wildman–Crippen MR) is 75.3 cm³/mol. The first-order valence-electron chi connectivity index (χ1n) is 7.46. The summed E-state index contributed by atoms with van der Waals surface area (Å²) in [6, 6.07) is 0. The molecule has 0 saturated carbocycles. The van der Waals surface area contributed by atoms with Gasteiger partial charge < -0.3 is 3.79 Å². The first kappa shape index (κ1) is 16.5. The Morgan fingerprint density at radius 2 is 1.25 bits per heavy atom. The molecule has 0 heterocycles. The number of hydrogen-bond donors (Lipinski definition) is 0. The smallest absolute Gasteiger partial charge is 0.460 e. The van der Waals surface area contributed by atoms with Crippen LogP contribution in [-0.4, -0.2) is 21.1 Å². The van der Waals surface area contributed by atoms with E-state index in [1.54, 1.807) is 0 Å². The van der Waals surface area contributed by atoms with Gasteiger partial charge in [-0.2, -0.15) is 0 Å². The molecule has 0 aliphatic heterocycles. The zero-order valence-corrected chi connectivity index (χ0v) is 12.9. The minimum Gasteiger partial charge on any atom is -0.501 e. The van der Waals surface area contributed by atoms with E-state index in [9.17, 15) is 0 Å². The van der Waals surface area contributed by atoms with Crippen LogP contribution in [0, 0.1) is 0 Å². The van der Waals surface area contributed by atoms with Gasteiger partial charge in [0.05, 0.1) is 0 Å². The Morgan fingerprint density at radius 1 is 0.688 bits per heavy atom. The summed E-state index contributed by atoms with van der Waals surface area (Å²) in [6.07, 6.45) is 10.9. The van der Waals surface area contributed by atoms with Crippen molar-refractivity contribution in [3.8, 4) is 0 Å². The summed E-state index contributed by atoms with van der Waals surface area (Å²) in [5.41, 5.74) is 0. The van der Waals surface area contributed by atoms with E-state index in [4.69, 9.17) is 3.79 Å². The molecule has 2 heteroatoms. The van der Waals surface area contributed by atoms with E-state index < -0.39 is 14.5 Å². The molecule has 0 aromatic carbocycles. The lowest BCUT2D eigenvalue weighted by Gasteiger charge is -2.11. The third-order valence-electron chi connectivity index (χ3n) is 3.07. The van der Waals surface area contributed by atoms with Crippen molar-refractivity contribution in [3.05, 3.63) is 0 Å². The van der Waals surface area contributed by atoms with Crippen LogP contribution in [0.5, 0.6) is 0 Å². The lowest BCUT2D eigenvalue weighted by molar-refractivity contribution is 0.303. The molecule has 0 unspecified atom stereocenters. The second-order valence-corrected chi connectivity index (χ2v) is 7.57. The van der Waals surface area contributed by atoms with Gasteiger partial charge in [-0.3, -0.25) is 0 Å². The monoisotopic (exact) mass is 242 g/mol. The molecule has 0 spiro atoms. The van der Waals surface area contributed by atoms with Crippen LogP contribution >= 0.6 is 0 Å². The Morgan fingerprint density at radius 3 is 1.81 bits per heavy atom. The Labute approximate surface area is 108 Å². The summed E-state index contributed by atoms with van der Waals surface area (Å²) in [4.78, 5) is 0. The highest BCUT2D eigenvalue weighted by Gasteiger charge is 2.17. The molecule has 0 amide bonds. The average molecular weight is 242 g/mol. The third-order valence-corrected chi connectivity index (χ3v) is 6.22. The minimum absolute atomic E-state index is 0.799. The van der Waals surface area contributed by atoms with Crippen LogP contribution in [0.25, 0.3) is 0 Å². The maximum atomic E-state index is 6.07. The van der Waals surface area contributed by atoms with Crippen LogP contribution in [0.3, 0.4) is 0 Å². The van der Waals surface area contributed by atoms with Crippen LogP contribution in [-0.2, 0) is 3.79 Å². The first-order valence-corrected chi connectivity index (χ1v) is 9.57. The zero-order chi connectivity index (χ0) is 12.1. The molecule has 0 aliphatic rings. The second-order valence-electron chi connectivity index (χ2n) is 4.84. The van der Waals surface area contributed by atoms with Gasteiger partial charge in [-0.15, -0.1) is 0 Å². The molecule has 0 fully saturated rings. The predicted octanol–water partition coefficient (Wildman–Crippen LogP) is 5.18. The second kappa shape index (κ2) is 13.6. The SMILES string of the molecule is CCCCCCCC[O][Al]([CH2]CC)[CH2]CC. The third kappa shape index (κ3) is 11.0. The lowest BCUT2D eigenvalue weighted by Crippen LogP contribution is -2.17. The lowest BCUT2D eigenvalue weighted by atomic mass is 10.1. The summed E-state index contributed by atoms with van der Waals surface area (Å²) in [5.74, 6) is 0. The number of unbranched alkanes of at least 4 members (excludes halogenated alkanes) is 5. The summed E-state index contributed by atoms with van der Waals surface area (Å²) in [5, 5.41) is 2.76. The molecule has 0 bridgehead atoms. The van der Waals surface area contributed by atoms with Crippen molar-refractivity contribution in [1.29, 1.82) is 0 Å². The topological polar surface area (TPSA) is 9.23 Å². The Bertz CT molecular complexity index is 122. The number of rotatable bonds is 12. The minimum atomic E-state index is -0.799. The normalized spacial score (nSPS) is 10.7. The Hall–Kier alpha value is 0.492. The molecule has 0 N–H and O–H groups in total. The highest BCUT2D eigenvalue weighted by Crippen LogP contribution is 2.10. The highest BCUT2D eigenvalue weighted by atomic mass is 27.2. The average Bonchev–Trinajstić information content (AvgIpc) is 2.28. The number of hydrogen-bond acceptors (Lipinski definition) is 1. The summed E-state index contributed by atoms with van der Waals surface area (Å²) < 4.78 is 6.07. The molecule has 0 atom stereocenters. The molecule has 0 aliphatic carbocycles. The zero-order valence-electron chi connectivity index (χ0n) is 11.8. The van der Waals surface area contributed by atoms with E-state index in [0.29, 0.717) is 0 Å². The molecular weight excluding hydrogens is 211 g/mol. The van der Waals surface area contributed by atoms with Crippen LogP contribution in [0.1, 0.15) is 72.1 Å². The quantitative estimate of drug-likeness (QED) is 0.338. The Balaban J connectivity index is 3.25. The highest BCUT2D eigenvalue weighted by molar-refractivity contribution is 6.51. The van der Waals surface area contributed by atoms with Crippen molar-refractivity contribution in [3.63, 3.8) is 0 Å². The Kier molecular flexibility index (Phi) is 14.0. The van der Waals surface area contributed by atoms with Crippen LogP contribution in [0.2, 0.25) is 10.6 Å². The van der Waals surface area contributed by atoms with E-state index in [-0.39, 0.29) is 0 Å². The molecule has 96 valence electrons. The molecule has 0 saturated heterocycles. The van der Waals surface area contributed by atoms with E-state index in [1.165, 1.54) is 61.9 Å². The molecule has 1 nitrogen and oxygen atoms in total.